The third kappa shape index (κ3) is 5.37. The van der Waals surface area contributed by atoms with Gasteiger partial charge in [-0.05, 0) is 36.2 Å². The van der Waals surface area contributed by atoms with Crippen LogP contribution in [0, 0.1) is 0 Å². The van der Waals surface area contributed by atoms with Crippen LogP contribution in [0.4, 0.5) is 5.13 Å². The van der Waals surface area contributed by atoms with E-state index in [0.717, 1.165) is 22.6 Å². The molecule has 7 nitrogen and oxygen atoms in total. The van der Waals surface area contributed by atoms with Gasteiger partial charge < -0.3 is 10.1 Å². The molecule has 0 saturated carbocycles. The molecule has 1 heterocycles. The molecule has 1 N–H and O–H groups in total. The normalized spacial score (nSPS) is 11.2. The van der Waals surface area contributed by atoms with Crippen LogP contribution in [0.25, 0.3) is 0 Å². The van der Waals surface area contributed by atoms with Gasteiger partial charge in [0.05, 0.1) is 12.0 Å². The van der Waals surface area contributed by atoms with Crippen LogP contribution in [0.5, 0.6) is 5.75 Å². The first-order valence-corrected chi connectivity index (χ1v) is 11.0. The fourth-order valence-electron chi connectivity index (χ4n) is 2.47. The lowest BCUT2D eigenvalue weighted by atomic mass is 10.1. The number of methoxy groups -OCH3 is 1. The third-order valence-corrected chi connectivity index (χ3v) is 6.59. The average molecular weight is 418 g/mol. The van der Waals surface area contributed by atoms with Crippen molar-refractivity contribution >= 4 is 32.2 Å². The van der Waals surface area contributed by atoms with Gasteiger partial charge >= 0.3 is 0 Å². The van der Waals surface area contributed by atoms with Crippen LogP contribution >= 0.6 is 11.3 Å². The predicted octanol–water partition coefficient (Wildman–Crippen LogP) is 3.09. The molecule has 0 radical (unpaired) electrons. The molecule has 0 fully saturated rings. The summed E-state index contributed by atoms with van der Waals surface area (Å²) in [5.41, 5.74) is 1.02. The van der Waals surface area contributed by atoms with E-state index in [1.807, 2.05) is 24.3 Å². The summed E-state index contributed by atoms with van der Waals surface area (Å²) < 4.78 is 29.9. The van der Waals surface area contributed by atoms with Gasteiger partial charge in [0.2, 0.25) is 11.0 Å². The van der Waals surface area contributed by atoms with Crippen LogP contribution in [0.2, 0.25) is 0 Å². The molecule has 0 unspecified atom stereocenters. The number of amides is 1. The number of carbonyl (C=O) groups is 1. The Bertz CT molecular complexity index is 1030. The second kappa shape index (κ2) is 8.94. The van der Waals surface area contributed by atoms with Gasteiger partial charge in [-0.2, -0.15) is 0 Å². The van der Waals surface area contributed by atoms with Crippen LogP contribution in [0.3, 0.4) is 0 Å². The number of aromatic nitrogens is 2. The third-order valence-electron chi connectivity index (χ3n) is 3.93. The minimum absolute atomic E-state index is 0.204. The smallest absolute Gasteiger partial charge is 0.226 e. The number of nitrogens with one attached hydrogen (secondary N) is 1. The van der Waals surface area contributed by atoms with Crippen molar-refractivity contribution in [2.45, 2.75) is 23.5 Å². The Kier molecular flexibility index (Phi) is 6.37. The highest BCUT2D eigenvalue weighted by Gasteiger charge is 2.18. The first-order valence-electron chi connectivity index (χ1n) is 8.49. The predicted molar refractivity (Wildman–Crippen MR) is 107 cm³/mol. The molecule has 3 rings (SSSR count). The number of sulfone groups is 1. The zero-order valence-corrected chi connectivity index (χ0v) is 16.8. The Labute approximate surface area is 167 Å². The SMILES string of the molecule is COc1ccc(CCC(=O)Nc2nnc(CS(=O)(=O)c3ccccc3)s2)cc1. The van der Waals surface area contributed by atoms with Gasteiger partial charge in [0.1, 0.15) is 16.5 Å². The monoisotopic (exact) mass is 417 g/mol. The summed E-state index contributed by atoms with van der Waals surface area (Å²) in [5.74, 6) is 0.306. The molecule has 9 heteroatoms. The van der Waals surface area contributed by atoms with E-state index >= 15 is 0 Å². The minimum Gasteiger partial charge on any atom is -0.497 e. The molecule has 1 amide bonds. The molecule has 28 heavy (non-hydrogen) atoms. The summed E-state index contributed by atoms with van der Waals surface area (Å²) in [4.78, 5) is 12.3. The van der Waals surface area contributed by atoms with E-state index in [0.29, 0.717) is 11.4 Å². The van der Waals surface area contributed by atoms with E-state index in [2.05, 4.69) is 15.5 Å². The first kappa shape index (κ1) is 20.0. The van der Waals surface area contributed by atoms with Gasteiger partial charge in [-0.25, -0.2) is 8.42 Å². The maximum Gasteiger partial charge on any atom is 0.226 e. The van der Waals surface area contributed by atoms with E-state index in [1.54, 1.807) is 25.3 Å². The molecule has 0 spiro atoms. The molecule has 0 saturated heterocycles. The number of carbonyl (C=O) groups excluding carboxylic acids is 1. The molecule has 2 aromatic carbocycles. The molecule has 146 valence electrons. The molecule has 1 aromatic heterocycles. The Morgan fingerprint density at radius 2 is 1.79 bits per heavy atom. The van der Waals surface area contributed by atoms with Crippen molar-refractivity contribution in [3.63, 3.8) is 0 Å². The zero-order valence-electron chi connectivity index (χ0n) is 15.2. The van der Waals surface area contributed by atoms with Crippen molar-refractivity contribution in [3.05, 3.63) is 65.2 Å². The summed E-state index contributed by atoms with van der Waals surface area (Å²) in [7, 11) is -1.89. The largest absolute Gasteiger partial charge is 0.497 e. The van der Waals surface area contributed by atoms with E-state index in [9.17, 15) is 13.2 Å². The number of hydrogen-bond acceptors (Lipinski definition) is 7. The van der Waals surface area contributed by atoms with E-state index in [-0.39, 0.29) is 28.1 Å². The number of ether oxygens (including phenoxy) is 1. The number of anilines is 1. The number of benzene rings is 2. The van der Waals surface area contributed by atoms with Gasteiger partial charge in [-0.15, -0.1) is 10.2 Å². The Morgan fingerprint density at radius 1 is 1.07 bits per heavy atom. The number of aryl methyl sites for hydroxylation is 1. The second-order valence-corrected chi connectivity index (χ2v) is 9.02. The fraction of sp³-hybridized carbons (Fsp3) is 0.211. The van der Waals surface area contributed by atoms with Crippen molar-refractivity contribution in [1.82, 2.24) is 10.2 Å². The number of nitrogens with zero attached hydrogens (tertiary/aromatic N) is 2. The summed E-state index contributed by atoms with van der Waals surface area (Å²) in [6.45, 7) is 0. The maximum atomic E-state index is 12.4. The lowest BCUT2D eigenvalue weighted by molar-refractivity contribution is -0.116. The van der Waals surface area contributed by atoms with Gasteiger partial charge in [0, 0.05) is 6.42 Å². The number of hydrogen-bond donors (Lipinski definition) is 1. The number of rotatable bonds is 8. The van der Waals surface area contributed by atoms with Gasteiger partial charge in [0.15, 0.2) is 9.84 Å². The second-order valence-electron chi connectivity index (χ2n) is 5.97. The van der Waals surface area contributed by atoms with Crippen molar-refractivity contribution < 1.29 is 17.9 Å². The fourth-order valence-corrected chi connectivity index (χ4v) is 4.84. The quantitative estimate of drug-likeness (QED) is 0.605. The molecule has 0 aliphatic carbocycles. The van der Waals surface area contributed by atoms with Gasteiger partial charge in [-0.3, -0.25) is 4.79 Å². The summed E-state index contributed by atoms with van der Waals surface area (Å²) in [6, 6.07) is 15.7. The molecular weight excluding hydrogens is 398 g/mol. The highest BCUT2D eigenvalue weighted by Crippen LogP contribution is 2.21. The highest BCUT2D eigenvalue weighted by molar-refractivity contribution is 7.90. The summed E-state index contributed by atoms with van der Waals surface area (Å²) >= 11 is 1.06. The Hall–Kier alpha value is -2.78. The summed E-state index contributed by atoms with van der Waals surface area (Å²) in [6.07, 6.45) is 0.855. The standard InChI is InChI=1S/C19H19N3O4S2/c1-26-15-10-7-14(8-11-15)9-12-17(23)20-19-22-21-18(27-19)13-28(24,25)16-5-3-2-4-6-16/h2-8,10-11H,9,12-13H2,1H3,(H,20,22,23). The zero-order chi connectivity index (χ0) is 20.0. The van der Waals surface area contributed by atoms with Crippen molar-refractivity contribution in [2.75, 3.05) is 12.4 Å². The van der Waals surface area contributed by atoms with Gasteiger partial charge in [-0.1, -0.05) is 41.7 Å². The lowest BCUT2D eigenvalue weighted by Crippen LogP contribution is -2.12. The first-order chi connectivity index (χ1) is 13.5. The Balaban J connectivity index is 1.54. The average Bonchev–Trinajstić information content (AvgIpc) is 3.13. The maximum absolute atomic E-state index is 12.4. The van der Waals surface area contributed by atoms with Crippen LogP contribution < -0.4 is 10.1 Å². The van der Waals surface area contributed by atoms with Crippen molar-refractivity contribution in [1.29, 1.82) is 0 Å². The topological polar surface area (TPSA) is 98.2 Å². The molecular formula is C19H19N3O4S2. The minimum atomic E-state index is -3.50. The van der Waals surface area contributed by atoms with Crippen molar-refractivity contribution in [3.8, 4) is 5.75 Å². The molecule has 0 bridgehead atoms. The van der Waals surface area contributed by atoms with Crippen LogP contribution in [0.1, 0.15) is 17.0 Å². The molecule has 0 aliphatic heterocycles. The van der Waals surface area contributed by atoms with Crippen LogP contribution in [0.15, 0.2) is 59.5 Å². The lowest BCUT2D eigenvalue weighted by Gasteiger charge is -2.03. The van der Waals surface area contributed by atoms with Gasteiger partial charge in [0.25, 0.3) is 0 Å². The summed E-state index contributed by atoms with van der Waals surface area (Å²) in [5, 5.41) is 11.0. The molecule has 0 atom stereocenters. The molecule has 3 aromatic rings. The van der Waals surface area contributed by atoms with E-state index < -0.39 is 9.84 Å². The van der Waals surface area contributed by atoms with Crippen LogP contribution in [-0.2, 0) is 26.8 Å². The van der Waals surface area contributed by atoms with E-state index in [1.165, 1.54) is 12.1 Å². The highest BCUT2D eigenvalue weighted by atomic mass is 32.2. The van der Waals surface area contributed by atoms with E-state index in [4.69, 9.17) is 4.74 Å². The van der Waals surface area contributed by atoms with Crippen LogP contribution in [-0.4, -0.2) is 31.6 Å². The van der Waals surface area contributed by atoms with Crippen molar-refractivity contribution in [2.24, 2.45) is 0 Å². The Morgan fingerprint density at radius 3 is 2.46 bits per heavy atom. The molecule has 0 aliphatic rings.